The summed E-state index contributed by atoms with van der Waals surface area (Å²) in [4.78, 5) is 4.38. The van der Waals surface area contributed by atoms with E-state index in [4.69, 9.17) is 4.74 Å². The maximum absolute atomic E-state index is 11.2. The van der Waals surface area contributed by atoms with E-state index in [2.05, 4.69) is 48.3 Å². The van der Waals surface area contributed by atoms with E-state index in [1.165, 1.54) is 40.3 Å². The number of likely N-dealkylation sites (tertiary alicyclic amines) is 1. The van der Waals surface area contributed by atoms with Crippen LogP contribution in [-0.2, 0) is 4.74 Å². The molecule has 3 aliphatic heterocycles. The largest absolute Gasteiger partial charge is 0.359 e. The van der Waals surface area contributed by atoms with Crippen LogP contribution in [0.3, 0.4) is 0 Å². The Balaban J connectivity index is 1.16. The van der Waals surface area contributed by atoms with Crippen LogP contribution in [0.15, 0.2) is 60.0 Å². The van der Waals surface area contributed by atoms with Gasteiger partial charge in [-0.05, 0) is 90.0 Å². The van der Waals surface area contributed by atoms with Crippen molar-refractivity contribution in [3.63, 3.8) is 0 Å². The second kappa shape index (κ2) is 6.85. The first-order valence-corrected chi connectivity index (χ1v) is 14.0. The predicted octanol–water partition coefficient (Wildman–Crippen LogP) is 6.46. The van der Waals surface area contributed by atoms with Gasteiger partial charge in [0.15, 0.2) is 0 Å². The van der Waals surface area contributed by atoms with Crippen molar-refractivity contribution in [1.82, 2.24) is 4.98 Å². The van der Waals surface area contributed by atoms with Crippen molar-refractivity contribution in [3.05, 3.63) is 65.5 Å². The van der Waals surface area contributed by atoms with Crippen LogP contribution < -0.4 is 0 Å². The van der Waals surface area contributed by atoms with Crippen LogP contribution in [0, 0.1) is 11.3 Å². The number of rotatable bonds is 2. The number of pyridine rings is 1. The van der Waals surface area contributed by atoms with E-state index in [9.17, 15) is 5.21 Å². The van der Waals surface area contributed by atoms with Gasteiger partial charge in [0.05, 0.1) is 17.6 Å². The fourth-order valence-corrected chi connectivity index (χ4v) is 9.51. The molecular formula is C31H37N2O2+. The quantitative estimate of drug-likeness (QED) is 0.514. The fourth-order valence-electron chi connectivity index (χ4n) is 9.51. The number of ether oxygens (including phenoxy) is 1. The number of hydrogen-bond acceptors (Lipinski definition) is 3. The molecule has 2 aromatic rings. The number of benzene rings is 1. The van der Waals surface area contributed by atoms with Gasteiger partial charge in [0.2, 0.25) is 0 Å². The van der Waals surface area contributed by atoms with Crippen molar-refractivity contribution in [1.29, 1.82) is 0 Å². The molecule has 0 amide bonds. The monoisotopic (exact) mass is 469 g/mol. The lowest BCUT2D eigenvalue weighted by molar-refractivity contribution is -1.15. The Bertz CT molecular complexity index is 1290. The summed E-state index contributed by atoms with van der Waals surface area (Å²) in [7, 11) is 0. The highest BCUT2D eigenvalue weighted by Gasteiger charge is 2.67. The summed E-state index contributed by atoms with van der Waals surface area (Å²) in [5.41, 5.74) is 4.45. The van der Waals surface area contributed by atoms with Gasteiger partial charge in [-0.25, -0.2) is 5.21 Å². The van der Waals surface area contributed by atoms with Gasteiger partial charge in [0, 0.05) is 30.6 Å². The Morgan fingerprint density at radius 2 is 2.00 bits per heavy atom. The number of nitrogens with zero attached hydrogens (tertiary/aromatic N) is 2. The van der Waals surface area contributed by atoms with Crippen molar-refractivity contribution >= 4 is 10.8 Å². The van der Waals surface area contributed by atoms with Crippen LogP contribution in [0.5, 0.6) is 0 Å². The minimum Gasteiger partial charge on any atom is -0.359 e. The van der Waals surface area contributed by atoms with E-state index < -0.39 is 0 Å². The Morgan fingerprint density at radius 3 is 2.86 bits per heavy atom. The Morgan fingerprint density at radius 1 is 1.09 bits per heavy atom. The molecule has 1 N–H and O–H groups in total. The number of aromatic nitrogens is 1. The van der Waals surface area contributed by atoms with Gasteiger partial charge >= 0.3 is 0 Å². The van der Waals surface area contributed by atoms with Crippen LogP contribution in [0.1, 0.15) is 76.2 Å². The molecule has 0 radical (unpaired) electrons. The predicted molar refractivity (Wildman–Crippen MR) is 136 cm³/mol. The third-order valence-electron chi connectivity index (χ3n) is 11.5. The molecule has 3 aliphatic carbocycles. The van der Waals surface area contributed by atoms with Gasteiger partial charge in [0.1, 0.15) is 19.1 Å². The van der Waals surface area contributed by atoms with Crippen molar-refractivity contribution < 1.29 is 14.6 Å². The Labute approximate surface area is 208 Å². The summed E-state index contributed by atoms with van der Waals surface area (Å²) in [5.74, 6) is 1.12. The molecule has 2 bridgehead atoms. The smallest absolute Gasteiger partial charge is 0.122 e. The molecule has 2 spiro atoms. The summed E-state index contributed by atoms with van der Waals surface area (Å²) in [6.45, 7) is 4.41. The minimum absolute atomic E-state index is 0.124. The molecular weight excluding hydrogens is 432 g/mol. The van der Waals surface area contributed by atoms with Gasteiger partial charge in [-0.3, -0.25) is 4.98 Å². The molecule has 4 fully saturated rings. The first-order chi connectivity index (χ1) is 16.9. The molecule has 6 aliphatic rings. The summed E-state index contributed by atoms with van der Waals surface area (Å²) >= 11 is 0. The second-order valence-electron chi connectivity index (χ2n) is 12.9. The molecule has 4 heteroatoms. The molecule has 6 atom stereocenters. The highest BCUT2D eigenvalue weighted by molar-refractivity contribution is 5.82. The summed E-state index contributed by atoms with van der Waals surface area (Å²) in [6, 6.07) is 9.51. The molecule has 2 saturated heterocycles. The lowest BCUT2D eigenvalue weighted by Gasteiger charge is -2.55. The standard InChI is InChI=1S/C31H37N2O2/c1-29-11-9-25-18-24-5-6-26(33(34)15-2-16-33)19-30(24)12-13-31(25,35-30)28(29)8-7-27(29)22-4-3-21-10-14-32-20-23(21)17-22/h3-4,9-10,14,17-18,20,26-28,34H,2,5-8,11-13,15-16,19H2,1H3/q+1/t26?,27?,28-,29?,30-,31-/m1/s1. The minimum atomic E-state index is -0.130. The second-order valence-corrected chi connectivity index (χ2v) is 12.9. The van der Waals surface area contributed by atoms with Gasteiger partial charge in [-0.2, -0.15) is 4.65 Å². The zero-order chi connectivity index (χ0) is 23.5. The highest BCUT2D eigenvalue weighted by atomic mass is 16.6. The SMILES string of the molecule is CC12CC=C3C=C4CCC([N+]5(O)CCC5)C[C@]45CC[C@]3(O5)[C@@H]1CCC2c1ccc2ccncc2c1. The van der Waals surface area contributed by atoms with E-state index in [1.54, 1.807) is 0 Å². The topological polar surface area (TPSA) is 42.4 Å². The Kier molecular flexibility index (Phi) is 4.13. The number of quaternary nitrogens is 1. The van der Waals surface area contributed by atoms with Crippen molar-refractivity contribution in [3.8, 4) is 0 Å². The molecule has 8 rings (SSSR count). The van der Waals surface area contributed by atoms with E-state index in [-0.39, 0.29) is 16.6 Å². The fraction of sp³-hybridized carbons (Fsp3) is 0.581. The number of hydroxylamine groups is 3. The first kappa shape index (κ1) is 21.1. The van der Waals surface area contributed by atoms with Crippen molar-refractivity contribution in [2.24, 2.45) is 11.3 Å². The average molecular weight is 470 g/mol. The van der Waals surface area contributed by atoms with Gasteiger partial charge in [0.25, 0.3) is 0 Å². The lowest BCUT2D eigenvalue weighted by Crippen LogP contribution is -2.65. The molecule has 2 saturated carbocycles. The molecule has 1 aromatic carbocycles. The highest BCUT2D eigenvalue weighted by Crippen LogP contribution is 2.69. The van der Waals surface area contributed by atoms with E-state index in [0.717, 1.165) is 58.0 Å². The van der Waals surface area contributed by atoms with Crippen molar-refractivity contribution in [2.45, 2.75) is 87.9 Å². The number of hydrogen-bond donors (Lipinski definition) is 1. The van der Waals surface area contributed by atoms with Crippen molar-refractivity contribution in [2.75, 3.05) is 13.1 Å². The maximum Gasteiger partial charge on any atom is 0.122 e. The normalized spacial score (nSPS) is 43.0. The summed E-state index contributed by atoms with van der Waals surface area (Å²) in [6.07, 6.45) is 19.3. The maximum atomic E-state index is 11.2. The van der Waals surface area contributed by atoms with Crippen LogP contribution >= 0.6 is 0 Å². The third-order valence-corrected chi connectivity index (χ3v) is 11.5. The molecule has 4 nitrogen and oxygen atoms in total. The summed E-state index contributed by atoms with van der Waals surface area (Å²) < 4.78 is 7.74. The third kappa shape index (κ3) is 2.66. The van der Waals surface area contributed by atoms with E-state index >= 15 is 0 Å². The number of allylic oxidation sites excluding steroid dienone is 1. The molecule has 1 aromatic heterocycles. The average Bonchev–Trinajstić information content (AvgIpc) is 3.37. The molecule has 4 heterocycles. The lowest BCUT2D eigenvalue weighted by atomic mass is 9.58. The van der Waals surface area contributed by atoms with E-state index in [1.807, 2.05) is 12.4 Å². The first-order valence-electron chi connectivity index (χ1n) is 14.0. The van der Waals surface area contributed by atoms with Crippen LogP contribution in [-0.4, -0.2) is 45.2 Å². The van der Waals surface area contributed by atoms with Crippen LogP contribution in [0.2, 0.25) is 0 Å². The summed E-state index contributed by atoms with van der Waals surface area (Å²) in [5, 5.41) is 13.7. The van der Waals surface area contributed by atoms with Crippen LogP contribution in [0.25, 0.3) is 10.8 Å². The van der Waals surface area contributed by atoms with Crippen LogP contribution in [0.4, 0.5) is 0 Å². The zero-order valence-electron chi connectivity index (χ0n) is 20.9. The molecule has 182 valence electrons. The van der Waals surface area contributed by atoms with Gasteiger partial charge in [-0.1, -0.05) is 31.2 Å². The molecule has 35 heavy (non-hydrogen) atoms. The van der Waals surface area contributed by atoms with Gasteiger partial charge in [-0.15, -0.1) is 0 Å². The molecule has 3 unspecified atom stereocenters. The zero-order valence-corrected chi connectivity index (χ0v) is 20.9. The Hall–Kier alpha value is -2.01. The van der Waals surface area contributed by atoms with E-state index in [0.29, 0.717) is 22.5 Å². The number of fused-ring (bicyclic) bond motifs is 2. The van der Waals surface area contributed by atoms with Gasteiger partial charge < -0.3 is 4.74 Å².